The van der Waals surface area contributed by atoms with Gasteiger partial charge < -0.3 is 9.47 Å². The van der Waals surface area contributed by atoms with Gasteiger partial charge in [-0.2, -0.15) is 0 Å². The summed E-state index contributed by atoms with van der Waals surface area (Å²) < 4.78 is 10.2. The van der Waals surface area contributed by atoms with Crippen LogP contribution in [0.25, 0.3) is 12.2 Å². The minimum Gasteiger partial charge on any atom is -0.497 e. The van der Waals surface area contributed by atoms with Gasteiger partial charge in [0.05, 0.1) is 14.2 Å². The maximum absolute atomic E-state index is 12.2. The second-order valence-corrected chi connectivity index (χ2v) is 6.24. The van der Waals surface area contributed by atoms with Crippen molar-refractivity contribution < 1.29 is 14.3 Å². The van der Waals surface area contributed by atoms with E-state index in [1.54, 1.807) is 38.5 Å². The van der Waals surface area contributed by atoms with E-state index in [1.165, 1.54) is 11.3 Å². The van der Waals surface area contributed by atoms with Crippen LogP contribution in [-0.2, 0) is 0 Å². The number of ether oxygens (including phenoxy) is 2. The molecule has 0 atom stereocenters. The van der Waals surface area contributed by atoms with Crippen molar-refractivity contribution >= 4 is 34.5 Å². The van der Waals surface area contributed by atoms with Crippen LogP contribution in [0.2, 0.25) is 0 Å². The first-order valence-corrected chi connectivity index (χ1v) is 8.60. The molecule has 0 bridgehead atoms. The molecule has 132 valence electrons. The standard InChI is InChI=1S/C19H17N3O3S/c1-24-15-8-3-13(4-9-15)5-12-17-21-22-19(26-17)20-18(23)14-6-10-16(25-2)11-7-14/h3-12H,1-2H3,(H,20,22,23). The third-order valence-corrected chi connectivity index (χ3v) is 4.35. The van der Waals surface area contributed by atoms with Crippen molar-refractivity contribution in [3.63, 3.8) is 0 Å². The zero-order valence-electron chi connectivity index (χ0n) is 14.3. The monoisotopic (exact) mass is 367 g/mol. The van der Waals surface area contributed by atoms with Crippen molar-refractivity contribution in [2.24, 2.45) is 0 Å². The molecule has 0 aliphatic rings. The van der Waals surface area contributed by atoms with E-state index in [9.17, 15) is 4.79 Å². The number of benzene rings is 2. The lowest BCUT2D eigenvalue weighted by Gasteiger charge is -2.02. The van der Waals surface area contributed by atoms with E-state index in [-0.39, 0.29) is 5.91 Å². The van der Waals surface area contributed by atoms with Crippen LogP contribution in [0.5, 0.6) is 11.5 Å². The number of nitrogens with one attached hydrogen (secondary N) is 1. The lowest BCUT2D eigenvalue weighted by atomic mass is 10.2. The van der Waals surface area contributed by atoms with E-state index in [0.29, 0.717) is 21.5 Å². The first kappa shape index (κ1) is 17.6. The van der Waals surface area contributed by atoms with Crippen molar-refractivity contribution in [1.29, 1.82) is 0 Å². The third-order valence-electron chi connectivity index (χ3n) is 3.55. The molecule has 0 fully saturated rings. The van der Waals surface area contributed by atoms with Gasteiger partial charge in [0.2, 0.25) is 5.13 Å². The van der Waals surface area contributed by atoms with Gasteiger partial charge in [0.15, 0.2) is 0 Å². The SMILES string of the molecule is COc1ccc(C=Cc2nnc(NC(=O)c3ccc(OC)cc3)s2)cc1. The molecule has 1 N–H and O–H groups in total. The van der Waals surface area contributed by atoms with Crippen LogP contribution in [0.4, 0.5) is 5.13 Å². The minimum absolute atomic E-state index is 0.241. The van der Waals surface area contributed by atoms with Gasteiger partial charge in [-0.25, -0.2) is 0 Å². The molecule has 0 unspecified atom stereocenters. The molecule has 7 heteroatoms. The Hall–Kier alpha value is -3.19. The van der Waals surface area contributed by atoms with Gasteiger partial charge in [0, 0.05) is 5.56 Å². The number of amides is 1. The van der Waals surface area contributed by atoms with E-state index < -0.39 is 0 Å². The Morgan fingerprint density at radius 3 is 2.15 bits per heavy atom. The Labute approximate surface area is 155 Å². The quantitative estimate of drug-likeness (QED) is 0.713. The summed E-state index contributed by atoms with van der Waals surface area (Å²) in [5.74, 6) is 1.26. The summed E-state index contributed by atoms with van der Waals surface area (Å²) >= 11 is 1.30. The third kappa shape index (κ3) is 4.46. The summed E-state index contributed by atoms with van der Waals surface area (Å²) in [6.45, 7) is 0. The molecule has 0 radical (unpaired) electrons. The number of nitrogens with zero attached hydrogens (tertiary/aromatic N) is 2. The molecule has 3 rings (SSSR count). The van der Waals surface area contributed by atoms with E-state index in [4.69, 9.17) is 9.47 Å². The van der Waals surface area contributed by atoms with Crippen molar-refractivity contribution in [3.05, 3.63) is 64.7 Å². The molecule has 3 aromatic rings. The van der Waals surface area contributed by atoms with Crippen molar-refractivity contribution in [1.82, 2.24) is 10.2 Å². The second kappa shape index (κ2) is 8.26. The van der Waals surface area contributed by atoms with Crippen LogP contribution in [0.15, 0.2) is 48.5 Å². The number of carbonyl (C=O) groups is 1. The van der Waals surface area contributed by atoms with E-state index in [1.807, 2.05) is 36.4 Å². The first-order valence-electron chi connectivity index (χ1n) is 7.79. The van der Waals surface area contributed by atoms with E-state index in [2.05, 4.69) is 15.5 Å². The van der Waals surface area contributed by atoms with Crippen molar-refractivity contribution in [3.8, 4) is 11.5 Å². The van der Waals surface area contributed by atoms with Crippen LogP contribution >= 0.6 is 11.3 Å². The fourth-order valence-corrected chi connectivity index (χ4v) is 2.79. The summed E-state index contributed by atoms with van der Waals surface area (Å²) in [4.78, 5) is 12.2. The van der Waals surface area contributed by atoms with E-state index >= 15 is 0 Å². The number of anilines is 1. The highest BCUT2D eigenvalue weighted by Crippen LogP contribution is 2.20. The van der Waals surface area contributed by atoms with Gasteiger partial charge in [-0.3, -0.25) is 10.1 Å². The molecule has 0 aliphatic carbocycles. The lowest BCUT2D eigenvalue weighted by Crippen LogP contribution is -2.11. The smallest absolute Gasteiger partial charge is 0.257 e. The lowest BCUT2D eigenvalue weighted by molar-refractivity contribution is 0.102. The molecule has 2 aromatic carbocycles. The largest absolute Gasteiger partial charge is 0.497 e. The van der Waals surface area contributed by atoms with Gasteiger partial charge in [-0.1, -0.05) is 29.5 Å². The molecule has 26 heavy (non-hydrogen) atoms. The Kier molecular flexibility index (Phi) is 5.60. The van der Waals surface area contributed by atoms with Crippen LogP contribution < -0.4 is 14.8 Å². The van der Waals surface area contributed by atoms with Gasteiger partial charge >= 0.3 is 0 Å². The molecule has 6 nitrogen and oxygen atoms in total. The van der Waals surface area contributed by atoms with Gasteiger partial charge in [-0.15, -0.1) is 10.2 Å². The van der Waals surface area contributed by atoms with E-state index in [0.717, 1.165) is 11.3 Å². The number of aromatic nitrogens is 2. The summed E-state index contributed by atoms with van der Waals surface area (Å²) in [6, 6.07) is 14.5. The van der Waals surface area contributed by atoms with Gasteiger partial charge in [0.25, 0.3) is 5.91 Å². The molecular formula is C19H17N3O3S. The zero-order valence-corrected chi connectivity index (χ0v) is 15.1. The summed E-state index contributed by atoms with van der Waals surface area (Å²) in [5.41, 5.74) is 1.54. The zero-order chi connectivity index (χ0) is 18.4. The van der Waals surface area contributed by atoms with Gasteiger partial charge in [0.1, 0.15) is 16.5 Å². The van der Waals surface area contributed by atoms with Crippen LogP contribution in [0, 0.1) is 0 Å². The number of rotatable bonds is 6. The Balaban J connectivity index is 1.63. The summed E-state index contributed by atoms with van der Waals surface area (Å²) in [6.07, 6.45) is 3.78. The maximum Gasteiger partial charge on any atom is 0.257 e. The highest BCUT2D eigenvalue weighted by Gasteiger charge is 2.09. The normalized spacial score (nSPS) is 10.7. The molecule has 0 spiro atoms. The predicted molar refractivity (Wildman–Crippen MR) is 103 cm³/mol. The van der Waals surface area contributed by atoms with Crippen molar-refractivity contribution in [2.45, 2.75) is 0 Å². The first-order chi connectivity index (χ1) is 12.7. The topological polar surface area (TPSA) is 73.3 Å². The second-order valence-electron chi connectivity index (χ2n) is 5.23. The Morgan fingerprint density at radius 1 is 0.923 bits per heavy atom. The molecular weight excluding hydrogens is 350 g/mol. The Bertz CT molecular complexity index is 903. The summed E-state index contributed by atoms with van der Waals surface area (Å²) in [7, 11) is 3.21. The molecule has 0 aliphatic heterocycles. The average molecular weight is 367 g/mol. The van der Waals surface area contributed by atoms with Crippen LogP contribution in [0.1, 0.15) is 20.9 Å². The molecule has 0 saturated carbocycles. The average Bonchev–Trinajstić information content (AvgIpc) is 3.14. The number of carbonyl (C=O) groups excluding carboxylic acids is 1. The van der Waals surface area contributed by atoms with Crippen molar-refractivity contribution in [2.75, 3.05) is 19.5 Å². The number of hydrogen-bond acceptors (Lipinski definition) is 6. The Morgan fingerprint density at radius 2 is 1.54 bits per heavy atom. The van der Waals surface area contributed by atoms with Gasteiger partial charge in [-0.05, 0) is 48.0 Å². The fraction of sp³-hybridized carbons (Fsp3) is 0.105. The number of hydrogen-bond donors (Lipinski definition) is 1. The highest BCUT2D eigenvalue weighted by molar-refractivity contribution is 7.16. The fourth-order valence-electron chi connectivity index (χ4n) is 2.15. The molecule has 0 saturated heterocycles. The highest BCUT2D eigenvalue weighted by atomic mass is 32.1. The molecule has 1 amide bonds. The summed E-state index contributed by atoms with van der Waals surface area (Å²) in [5, 5.41) is 11.9. The maximum atomic E-state index is 12.2. The number of methoxy groups -OCH3 is 2. The van der Waals surface area contributed by atoms with Crippen LogP contribution in [-0.4, -0.2) is 30.3 Å². The predicted octanol–water partition coefficient (Wildman–Crippen LogP) is 3.98. The molecule has 1 aromatic heterocycles. The van der Waals surface area contributed by atoms with Crippen LogP contribution in [0.3, 0.4) is 0 Å². The molecule has 1 heterocycles. The minimum atomic E-state index is -0.241.